The zero-order chi connectivity index (χ0) is 12.1. The van der Waals surface area contributed by atoms with E-state index < -0.39 is 5.82 Å². The summed E-state index contributed by atoms with van der Waals surface area (Å²) in [6.07, 6.45) is 1.64. The molecule has 0 aromatic carbocycles. The van der Waals surface area contributed by atoms with Crippen molar-refractivity contribution in [3.05, 3.63) is 23.1 Å². The van der Waals surface area contributed by atoms with Crippen LogP contribution in [-0.2, 0) is 4.79 Å². The lowest BCUT2D eigenvalue weighted by Crippen LogP contribution is -2.24. The third-order valence-electron chi connectivity index (χ3n) is 1.94. The van der Waals surface area contributed by atoms with Crippen molar-refractivity contribution < 1.29 is 9.18 Å². The van der Waals surface area contributed by atoms with E-state index in [4.69, 9.17) is 11.6 Å². The molecule has 0 bridgehead atoms. The van der Waals surface area contributed by atoms with Crippen LogP contribution in [0.4, 0.5) is 10.2 Å². The van der Waals surface area contributed by atoms with E-state index in [-0.39, 0.29) is 23.2 Å². The molecule has 0 spiro atoms. The smallest absolute Gasteiger partial charge is 0.223 e. The molecule has 0 aliphatic carbocycles. The van der Waals surface area contributed by atoms with Crippen molar-refractivity contribution in [3.8, 4) is 0 Å². The van der Waals surface area contributed by atoms with Gasteiger partial charge in [0.2, 0.25) is 5.91 Å². The van der Waals surface area contributed by atoms with Gasteiger partial charge in [0.25, 0.3) is 0 Å². The molecule has 1 amide bonds. The third kappa shape index (κ3) is 3.66. The van der Waals surface area contributed by atoms with Crippen molar-refractivity contribution in [2.24, 2.45) is 0 Å². The van der Waals surface area contributed by atoms with Gasteiger partial charge >= 0.3 is 0 Å². The Morgan fingerprint density at radius 2 is 2.31 bits per heavy atom. The topological polar surface area (TPSA) is 45.2 Å². The van der Waals surface area contributed by atoms with Gasteiger partial charge in [-0.1, -0.05) is 11.6 Å². The lowest BCUT2D eigenvalue weighted by Gasteiger charge is -2.11. The molecule has 0 saturated heterocycles. The van der Waals surface area contributed by atoms with Crippen molar-refractivity contribution in [1.29, 1.82) is 0 Å². The summed E-state index contributed by atoms with van der Waals surface area (Å²) in [7, 11) is 3.34. The number of nitrogens with zero attached hydrogens (tertiary/aromatic N) is 2. The highest BCUT2D eigenvalue weighted by molar-refractivity contribution is 6.30. The number of carbonyl (C=O) groups excluding carboxylic acids is 1. The Morgan fingerprint density at radius 3 is 2.88 bits per heavy atom. The van der Waals surface area contributed by atoms with Crippen LogP contribution in [0.2, 0.25) is 5.02 Å². The Kier molecular flexibility index (Phi) is 4.49. The van der Waals surface area contributed by atoms with Crippen molar-refractivity contribution in [2.45, 2.75) is 6.42 Å². The number of aromatic nitrogens is 1. The maximum atomic E-state index is 13.2. The first-order valence-corrected chi connectivity index (χ1v) is 5.13. The Bertz CT molecular complexity index is 384. The number of amides is 1. The number of carbonyl (C=O) groups is 1. The number of anilines is 1. The van der Waals surface area contributed by atoms with Crippen LogP contribution in [0.5, 0.6) is 0 Å². The highest BCUT2D eigenvalue weighted by Gasteiger charge is 2.06. The molecule has 16 heavy (non-hydrogen) atoms. The summed E-state index contributed by atoms with van der Waals surface area (Å²) in [6.45, 7) is 0.336. The van der Waals surface area contributed by atoms with Crippen molar-refractivity contribution in [2.75, 3.05) is 26.0 Å². The molecule has 1 rings (SSSR count). The Labute approximate surface area is 98.4 Å². The molecule has 1 aromatic heterocycles. The van der Waals surface area contributed by atoms with Crippen molar-refractivity contribution in [3.63, 3.8) is 0 Å². The molecule has 0 fully saturated rings. The molecule has 0 atom stereocenters. The van der Waals surface area contributed by atoms with E-state index >= 15 is 0 Å². The van der Waals surface area contributed by atoms with Crippen molar-refractivity contribution >= 4 is 23.3 Å². The third-order valence-corrected chi connectivity index (χ3v) is 2.14. The van der Waals surface area contributed by atoms with Gasteiger partial charge in [0.1, 0.15) is 0 Å². The molecule has 4 nitrogen and oxygen atoms in total. The van der Waals surface area contributed by atoms with Gasteiger partial charge in [-0.15, -0.1) is 0 Å². The fourth-order valence-electron chi connectivity index (χ4n) is 1.06. The fourth-order valence-corrected chi connectivity index (χ4v) is 1.20. The van der Waals surface area contributed by atoms with Crippen LogP contribution in [0.3, 0.4) is 0 Å². The predicted octanol–water partition coefficient (Wildman–Crippen LogP) is 1.76. The van der Waals surface area contributed by atoms with Gasteiger partial charge in [-0.05, 0) is 6.07 Å². The van der Waals surface area contributed by atoms with Gasteiger partial charge in [-0.3, -0.25) is 4.79 Å². The largest absolute Gasteiger partial charge is 0.367 e. The summed E-state index contributed by atoms with van der Waals surface area (Å²) < 4.78 is 13.2. The molecule has 1 N–H and O–H groups in total. The molecule has 0 aliphatic rings. The average molecular weight is 246 g/mol. The van der Waals surface area contributed by atoms with E-state index in [0.717, 1.165) is 0 Å². The first kappa shape index (κ1) is 12.7. The molecule has 88 valence electrons. The van der Waals surface area contributed by atoms with Crippen LogP contribution in [0.25, 0.3) is 0 Å². The van der Waals surface area contributed by atoms with Crippen LogP contribution in [0.15, 0.2) is 12.3 Å². The van der Waals surface area contributed by atoms with Crippen LogP contribution < -0.4 is 5.32 Å². The monoisotopic (exact) mass is 245 g/mol. The Hall–Kier alpha value is -1.36. The maximum Gasteiger partial charge on any atom is 0.223 e. The zero-order valence-corrected chi connectivity index (χ0v) is 9.88. The van der Waals surface area contributed by atoms with E-state index in [1.54, 1.807) is 14.1 Å². The predicted molar refractivity (Wildman–Crippen MR) is 61.0 cm³/mol. The molecule has 1 aromatic rings. The van der Waals surface area contributed by atoms with Crippen LogP contribution in [-0.4, -0.2) is 36.4 Å². The summed E-state index contributed by atoms with van der Waals surface area (Å²) in [5.74, 6) is -0.442. The normalized spacial score (nSPS) is 10.0. The summed E-state index contributed by atoms with van der Waals surface area (Å²) >= 11 is 5.55. The first-order valence-electron chi connectivity index (χ1n) is 4.76. The molecular weight excluding hydrogens is 233 g/mol. The lowest BCUT2D eigenvalue weighted by atomic mass is 10.3. The second-order valence-electron chi connectivity index (χ2n) is 3.45. The minimum absolute atomic E-state index is 0.0260. The quantitative estimate of drug-likeness (QED) is 0.879. The van der Waals surface area contributed by atoms with Gasteiger partial charge in [0, 0.05) is 33.3 Å². The van der Waals surface area contributed by atoms with Crippen molar-refractivity contribution in [1.82, 2.24) is 9.88 Å². The Balaban J connectivity index is 2.46. The highest BCUT2D eigenvalue weighted by atomic mass is 35.5. The number of hydrogen-bond acceptors (Lipinski definition) is 3. The van der Waals surface area contributed by atoms with Crippen LogP contribution >= 0.6 is 11.6 Å². The van der Waals surface area contributed by atoms with Crippen LogP contribution in [0.1, 0.15) is 6.42 Å². The standard InChI is InChI=1S/C10H13ClFN3O/c1-15(2)9(16)3-4-13-10-8(12)5-7(11)6-14-10/h5-6H,3-4H2,1-2H3,(H,13,14). The summed E-state index contributed by atoms with van der Waals surface area (Å²) in [4.78, 5) is 16.5. The number of hydrogen-bond donors (Lipinski definition) is 1. The minimum Gasteiger partial charge on any atom is -0.367 e. The van der Waals surface area contributed by atoms with Gasteiger partial charge in [-0.25, -0.2) is 9.37 Å². The second-order valence-corrected chi connectivity index (χ2v) is 3.89. The van der Waals surface area contributed by atoms with Gasteiger partial charge in [0.05, 0.1) is 5.02 Å². The van der Waals surface area contributed by atoms with E-state index in [9.17, 15) is 9.18 Å². The molecule has 1 heterocycles. The molecule has 0 saturated carbocycles. The summed E-state index contributed by atoms with van der Waals surface area (Å²) in [6, 6.07) is 1.17. The molecule has 0 radical (unpaired) electrons. The SMILES string of the molecule is CN(C)C(=O)CCNc1ncc(Cl)cc1F. The minimum atomic E-state index is -0.523. The fraction of sp³-hybridized carbons (Fsp3) is 0.400. The summed E-state index contributed by atoms with van der Waals surface area (Å²) in [5, 5.41) is 2.98. The molecule has 0 aliphatic heterocycles. The number of nitrogens with one attached hydrogen (secondary N) is 1. The van der Waals surface area contributed by atoms with E-state index in [1.807, 2.05) is 0 Å². The van der Waals surface area contributed by atoms with E-state index in [2.05, 4.69) is 10.3 Å². The number of rotatable bonds is 4. The Morgan fingerprint density at radius 1 is 1.62 bits per heavy atom. The first-order chi connectivity index (χ1) is 7.50. The van der Waals surface area contributed by atoms with Gasteiger partial charge in [0.15, 0.2) is 11.6 Å². The second kappa shape index (κ2) is 5.65. The highest BCUT2D eigenvalue weighted by Crippen LogP contribution is 2.15. The molecule has 0 unspecified atom stereocenters. The molecule has 6 heteroatoms. The van der Waals surface area contributed by atoms with Crippen LogP contribution in [0, 0.1) is 5.82 Å². The summed E-state index contributed by atoms with van der Waals surface area (Å²) in [5.41, 5.74) is 0. The average Bonchev–Trinajstić information content (AvgIpc) is 2.20. The lowest BCUT2D eigenvalue weighted by molar-refractivity contribution is -0.128. The van der Waals surface area contributed by atoms with Gasteiger partial charge in [-0.2, -0.15) is 0 Å². The number of halogens is 2. The van der Waals surface area contributed by atoms with E-state index in [1.165, 1.54) is 17.2 Å². The van der Waals surface area contributed by atoms with E-state index in [0.29, 0.717) is 6.54 Å². The van der Waals surface area contributed by atoms with Gasteiger partial charge < -0.3 is 10.2 Å². The maximum absolute atomic E-state index is 13.2. The number of pyridine rings is 1. The molecular formula is C10H13ClFN3O. The zero-order valence-electron chi connectivity index (χ0n) is 9.13.